The Morgan fingerprint density at radius 1 is 1.44 bits per heavy atom. The Labute approximate surface area is 98.8 Å². The minimum Gasteiger partial charge on any atom is -0.481 e. The third kappa shape index (κ3) is 2.23. The van der Waals surface area contributed by atoms with E-state index in [1.807, 2.05) is 30.5 Å². The zero-order valence-corrected chi connectivity index (χ0v) is 9.87. The molecule has 1 aromatic carbocycles. The highest BCUT2D eigenvalue weighted by Gasteiger charge is 2.34. The molecular weight excluding hydrogens is 224 g/mol. The molecule has 0 aromatic heterocycles. The third-order valence-electron chi connectivity index (χ3n) is 2.85. The molecule has 16 heavy (non-hydrogen) atoms. The molecule has 1 aromatic rings. The monoisotopic (exact) mass is 238 g/mol. The molecule has 1 aliphatic rings. The quantitative estimate of drug-likeness (QED) is 0.822. The fraction of sp³-hybridized carbons (Fsp3) is 0.417. The van der Waals surface area contributed by atoms with E-state index in [0.717, 1.165) is 5.56 Å². The molecule has 1 N–H and O–H groups in total. The highest BCUT2D eigenvalue weighted by Crippen LogP contribution is 2.35. The summed E-state index contributed by atoms with van der Waals surface area (Å²) in [7, 11) is 0. The first-order valence-electron chi connectivity index (χ1n) is 5.20. The Balaban J connectivity index is 2.19. The number of benzene rings is 1. The van der Waals surface area contributed by atoms with Gasteiger partial charge < -0.3 is 9.84 Å². The minimum atomic E-state index is -0.767. The van der Waals surface area contributed by atoms with E-state index < -0.39 is 11.9 Å². The average Bonchev–Trinajstić information content (AvgIpc) is 2.78. The van der Waals surface area contributed by atoms with Crippen LogP contribution in [-0.4, -0.2) is 23.9 Å². The largest absolute Gasteiger partial charge is 0.481 e. The van der Waals surface area contributed by atoms with Crippen LogP contribution in [0, 0.1) is 5.92 Å². The number of carboxylic acids is 1. The Bertz CT molecular complexity index is 374. The summed E-state index contributed by atoms with van der Waals surface area (Å²) in [5, 5.41) is 9.06. The lowest BCUT2D eigenvalue weighted by Crippen LogP contribution is -2.17. The first-order chi connectivity index (χ1) is 7.72. The average molecular weight is 238 g/mol. The lowest BCUT2D eigenvalue weighted by molar-refractivity contribution is -0.143. The van der Waals surface area contributed by atoms with Gasteiger partial charge in [0.15, 0.2) is 0 Å². The van der Waals surface area contributed by atoms with Crippen molar-refractivity contribution in [1.82, 2.24) is 0 Å². The van der Waals surface area contributed by atoms with Crippen LogP contribution in [0.15, 0.2) is 29.2 Å². The number of rotatable bonds is 3. The number of hydrogen-bond acceptors (Lipinski definition) is 3. The summed E-state index contributed by atoms with van der Waals surface area (Å²) in [5.74, 6) is -1.17. The molecule has 3 nitrogen and oxygen atoms in total. The lowest BCUT2D eigenvalue weighted by atomic mass is 9.96. The molecule has 2 atom stereocenters. The van der Waals surface area contributed by atoms with Crippen molar-refractivity contribution in [2.45, 2.75) is 17.4 Å². The van der Waals surface area contributed by atoms with Crippen molar-refractivity contribution in [3.8, 4) is 0 Å². The summed E-state index contributed by atoms with van der Waals surface area (Å²) >= 11 is 1.67. The Morgan fingerprint density at radius 2 is 2.12 bits per heavy atom. The van der Waals surface area contributed by atoms with Crippen LogP contribution in [0.2, 0.25) is 0 Å². The van der Waals surface area contributed by atoms with Gasteiger partial charge in [0.2, 0.25) is 0 Å². The molecule has 2 unspecified atom stereocenters. The third-order valence-corrected chi connectivity index (χ3v) is 3.60. The van der Waals surface area contributed by atoms with Crippen LogP contribution < -0.4 is 0 Å². The fourth-order valence-electron chi connectivity index (χ4n) is 1.96. The second-order valence-electron chi connectivity index (χ2n) is 3.80. The summed E-state index contributed by atoms with van der Waals surface area (Å²) in [6.45, 7) is 0.534. The van der Waals surface area contributed by atoms with Gasteiger partial charge in [-0.15, -0.1) is 11.8 Å². The zero-order chi connectivity index (χ0) is 11.5. The summed E-state index contributed by atoms with van der Waals surface area (Å²) in [5.41, 5.74) is 0.961. The van der Waals surface area contributed by atoms with Crippen LogP contribution in [0.1, 0.15) is 18.1 Å². The second-order valence-corrected chi connectivity index (χ2v) is 4.68. The minimum absolute atomic E-state index is 0.284. The predicted octanol–water partition coefficient (Wildman–Crippen LogP) is 2.57. The molecule has 0 radical (unpaired) electrons. The van der Waals surface area contributed by atoms with Crippen molar-refractivity contribution in [1.29, 1.82) is 0 Å². The van der Waals surface area contributed by atoms with Crippen LogP contribution in [0.3, 0.4) is 0 Å². The molecule has 0 aliphatic carbocycles. The fourth-order valence-corrected chi connectivity index (χ4v) is 2.37. The molecule has 1 aliphatic heterocycles. The Hall–Kier alpha value is -1.00. The van der Waals surface area contributed by atoms with Gasteiger partial charge >= 0.3 is 5.97 Å². The number of ether oxygens (including phenoxy) is 1. The topological polar surface area (TPSA) is 46.5 Å². The normalized spacial score (nSPS) is 24.6. The van der Waals surface area contributed by atoms with Gasteiger partial charge in [0.05, 0.1) is 12.0 Å². The van der Waals surface area contributed by atoms with Gasteiger partial charge in [-0.25, -0.2) is 0 Å². The van der Waals surface area contributed by atoms with Crippen molar-refractivity contribution in [3.05, 3.63) is 29.8 Å². The van der Waals surface area contributed by atoms with Gasteiger partial charge in [-0.2, -0.15) is 0 Å². The van der Waals surface area contributed by atoms with Crippen molar-refractivity contribution < 1.29 is 14.6 Å². The SMILES string of the molecule is CSc1ccc(C2OCCC2C(=O)O)cc1. The predicted molar refractivity (Wildman–Crippen MR) is 62.7 cm³/mol. The van der Waals surface area contributed by atoms with E-state index in [2.05, 4.69) is 0 Å². The highest BCUT2D eigenvalue weighted by molar-refractivity contribution is 7.98. The number of thioether (sulfide) groups is 1. The van der Waals surface area contributed by atoms with Gasteiger partial charge in [0, 0.05) is 11.5 Å². The van der Waals surface area contributed by atoms with E-state index in [-0.39, 0.29) is 6.10 Å². The zero-order valence-electron chi connectivity index (χ0n) is 9.05. The number of hydrogen-bond donors (Lipinski definition) is 1. The maximum Gasteiger partial charge on any atom is 0.309 e. The van der Waals surface area contributed by atoms with Crippen LogP contribution in [0.4, 0.5) is 0 Å². The van der Waals surface area contributed by atoms with Crippen LogP contribution in [0.25, 0.3) is 0 Å². The van der Waals surface area contributed by atoms with E-state index in [1.165, 1.54) is 4.90 Å². The number of carbonyl (C=O) groups is 1. The maximum absolute atomic E-state index is 11.0. The van der Waals surface area contributed by atoms with Crippen LogP contribution in [0.5, 0.6) is 0 Å². The van der Waals surface area contributed by atoms with E-state index in [0.29, 0.717) is 13.0 Å². The van der Waals surface area contributed by atoms with E-state index >= 15 is 0 Å². The molecule has 2 rings (SSSR count). The molecule has 86 valence electrons. The smallest absolute Gasteiger partial charge is 0.309 e. The summed E-state index contributed by atoms with van der Waals surface area (Å²) in [4.78, 5) is 12.2. The Kier molecular flexibility index (Phi) is 3.51. The van der Waals surface area contributed by atoms with E-state index in [1.54, 1.807) is 11.8 Å². The molecule has 1 saturated heterocycles. The lowest BCUT2D eigenvalue weighted by Gasteiger charge is -2.15. The molecular formula is C12H14O3S. The van der Waals surface area contributed by atoms with Crippen LogP contribution in [-0.2, 0) is 9.53 Å². The van der Waals surface area contributed by atoms with Gasteiger partial charge in [-0.3, -0.25) is 4.79 Å². The van der Waals surface area contributed by atoms with Gasteiger partial charge in [-0.1, -0.05) is 12.1 Å². The summed E-state index contributed by atoms with van der Waals surface area (Å²) in [6, 6.07) is 7.91. The molecule has 4 heteroatoms. The van der Waals surface area contributed by atoms with Crippen molar-refractivity contribution in [2.24, 2.45) is 5.92 Å². The molecule has 1 fully saturated rings. The molecule has 0 bridgehead atoms. The van der Waals surface area contributed by atoms with Gasteiger partial charge in [0.25, 0.3) is 0 Å². The first kappa shape index (κ1) is 11.5. The van der Waals surface area contributed by atoms with E-state index in [9.17, 15) is 4.79 Å². The highest BCUT2D eigenvalue weighted by atomic mass is 32.2. The second kappa shape index (κ2) is 4.89. The maximum atomic E-state index is 11.0. The van der Waals surface area contributed by atoms with Crippen molar-refractivity contribution in [3.63, 3.8) is 0 Å². The number of carboxylic acid groups (broad SMARTS) is 1. The summed E-state index contributed by atoms with van der Waals surface area (Å²) < 4.78 is 5.50. The first-order valence-corrected chi connectivity index (χ1v) is 6.43. The number of aliphatic carboxylic acids is 1. The molecule has 1 heterocycles. The van der Waals surface area contributed by atoms with Crippen molar-refractivity contribution >= 4 is 17.7 Å². The van der Waals surface area contributed by atoms with Crippen LogP contribution >= 0.6 is 11.8 Å². The standard InChI is InChI=1S/C12H14O3S/c1-16-9-4-2-8(3-5-9)11-10(12(13)14)6-7-15-11/h2-5,10-11H,6-7H2,1H3,(H,13,14). The molecule has 0 amide bonds. The van der Waals surface area contributed by atoms with Crippen molar-refractivity contribution in [2.75, 3.05) is 12.9 Å². The van der Waals surface area contributed by atoms with Gasteiger partial charge in [-0.05, 0) is 30.4 Å². The summed E-state index contributed by atoms with van der Waals surface area (Å²) in [6.07, 6.45) is 2.33. The Morgan fingerprint density at radius 3 is 2.69 bits per heavy atom. The van der Waals surface area contributed by atoms with E-state index in [4.69, 9.17) is 9.84 Å². The molecule has 0 spiro atoms. The molecule has 0 saturated carbocycles. The van der Waals surface area contributed by atoms with Gasteiger partial charge in [0.1, 0.15) is 0 Å².